The van der Waals surface area contributed by atoms with Crippen molar-refractivity contribution in [1.82, 2.24) is 5.32 Å². The van der Waals surface area contributed by atoms with Gasteiger partial charge in [-0.1, -0.05) is 23.7 Å². The molecule has 2 N–H and O–H groups in total. The monoisotopic (exact) mass is 444 g/mol. The summed E-state index contributed by atoms with van der Waals surface area (Å²) in [5, 5.41) is 5.72. The summed E-state index contributed by atoms with van der Waals surface area (Å²) in [5.41, 5.74) is 0.282. The Labute approximate surface area is 184 Å². The minimum atomic E-state index is -1.16. The van der Waals surface area contributed by atoms with Crippen molar-refractivity contribution in [3.05, 3.63) is 64.2 Å². The Hall–Kier alpha value is -2.47. The van der Waals surface area contributed by atoms with Crippen LogP contribution in [0.2, 0.25) is 5.02 Å². The lowest BCUT2D eigenvalue weighted by Crippen LogP contribution is -2.59. The van der Waals surface area contributed by atoms with Crippen molar-refractivity contribution in [2.75, 3.05) is 5.32 Å². The molecule has 0 aliphatic heterocycles. The van der Waals surface area contributed by atoms with Crippen molar-refractivity contribution in [2.24, 2.45) is 17.8 Å². The maximum absolute atomic E-state index is 13.6. The molecule has 0 atom stereocenters. The maximum Gasteiger partial charge on any atom is 0.257 e. The first-order valence-corrected chi connectivity index (χ1v) is 11.1. The average Bonchev–Trinajstić information content (AvgIpc) is 2.69. The van der Waals surface area contributed by atoms with Crippen LogP contribution in [0.4, 0.5) is 14.5 Å². The normalized spacial score (nSPS) is 28.4. The Bertz CT molecular complexity index is 1040. The van der Waals surface area contributed by atoms with Crippen LogP contribution in [0.1, 0.15) is 59.2 Å². The lowest BCUT2D eigenvalue weighted by molar-refractivity contribution is -0.0166. The van der Waals surface area contributed by atoms with Gasteiger partial charge in [0.05, 0.1) is 21.8 Å². The van der Waals surface area contributed by atoms with E-state index < -0.39 is 17.5 Å². The number of benzene rings is 2. The molecule has 4 bridgehead atoms. The number of carbonyl (C=O) groups excluding carboxylic acids is 2. The standard InChI is InChI=1S/C24H23ClF2N2O2/c25-18-9-20(27)19(26)8-17(18)22(30)28-21-4-2-1-3-16(21)23(31)29-24-10-13-5-14(11-24)7-15(6-13)12-24/h1-4,8-9,13-15H,5-7,10-12H2,(H,28,30)(H,29,31). The summed E-state index contributed by atoms with van der Waals surface area (Å²) >= 11 is 5.92. The minimum absolute atomic E-state index is 0.160. The summed E-state index contributed by atoms with van der Waals surface area (Å²) in [6.45, 7) is 0. The number of anilines is 1. The van der Waals surface area contributed by atoms with Crippen molar-refractivity contribution in [1.29, 1.82) is 0 Å². The molecule has 0 saturated heterocycles. The molecule has 0 radical (unpaired) electrons. The molecule has 0 unspecified atom stereocenters. The van der Waals surface area contributed by atoms with E-state index in [9.17, 15) is 18.4 Å². The molecule has 31 heavy (non-hydrogen) atoms. The van der Waals surface area contributed by atoms with Crippen molar-refractivity contribution in [3.8, 4) is 0 Å². The first-order valence-electron chi connectivity index (χ1n) is 10.7. The van der Waals surface area contributed by atoms with E-state index in [1.165, 1.54) is 19.3 Å². The number of hydrogen-bond acceptors (Lipinski definition) is 2. The largest absolute Gasteiger partial charge is 0.347 e. The van der Waals surface area contributed by atoms with Gasteiger partial charge in [-0.05, 0) is 80.5 Å². The second-order valence-corrected chi connectivity index (χ2v) is 9.81. The van der Waals surface area contributed by atoms with E-state index in [1.54, 1.807) is 24.3 Å². The summed E-state index contributed by atoms with van der Waals surface area (Å²) in [7, 11) is 0. The first kappa shape index (κ1) is 20.4. The molecular formula is C24H23ClF2N2O2. The van der Waals surface area contributed by atoms with Gasteiger partial charge in [-0.15, -0.1) is 0 Å². The third kappa shape index (κ3) is 3.82. The van der Waals surface area contributed by atoms with Crippen LogP contribution in [0.25, 0.3) is 0 Å². The Kier molecular flexibility index (Phi) is 5.00. The summed E-state index contributed by atoms with van der Waals surface area (Å²) in [6, 6.07) is 8.21. The topological polar surface area (TPSA) is 58.2 Å². The Balaban J connectivity index is 1.37. The van der Waals surface area contributed by atoms with Gasteiger partial charge in [0.2, 0.25) is 0 Å². The highest BCUT2D eigenvalue weighted by Gasteiger charge is 2.51. The molecule has 6 rings (SSSR count). The van der Waals surface area contributed by atoms with Crippen LogP contribution in [0.5, 0.6) is 0 Å². The summed E-state index contributed by atoms with van der Waals surface area (Å²) in [6.07, 6.45) is 6.88. The quantitative estimate of drug-likeness (QED) is 0.606. The maximum atomic E-state index is 13.6. The highest BCUT2D eigenvalue weighted by Crippen LogP contribution is 2.55. The van der Waals surface area contributed by atoms with Gasteiger partial charge >= 0.3 is 0 Å². The second kappa shape index (κ2) is 7.59. The highest BCUT2D eigenvalue weighted by atomic mass is 35.5. The zero-order valence-electron chi connectivity index (χ0n) is 16.9. The van der Waals surface area contributed by atoms with Gasteiger partial charge in [-0.25, -0.2) is 8.78 Å². The minimum Gasteiger partial charge on any atom is -0.347 e. The van der Waals surface area contributed by atoms with Gasteiger partial charge in [0.15, 0.2) is 11.6 Å². The van der Waals surface area contributed by atoms with Crippen LogP contribution in [-0.2, 0) is 0 Å². The lowest BCUT2D eigenvalue weighted by atomic mass is 9.53. The molecule has 2 aromatic rings. The molecular weight excluding hydrogens is 422 g/mol. The van der Waals surface area contributed by atoms with Gasteiger partial charge in [-0.3, -0.25) is 9.59 Å². The zero-order chi connectivity index (χ0) is 21.8. The first-order chi connectivity index (χ1) is 14.8. The van der Waals surface area contributed by atoms with E-state index >= 15 is 0 Å². The number of hydrogen-bond donors (Lipinski definition) is 2. The van der Waals surface area contributed by atoms with Crippen molar-refractivity contribution in [3.63, 3.8) is 0 Å². The molecule has 4 aliphatic rings. The molecule has 0 aromatic heterocycles. The predicted molar refractivity (Wildman–Crippen MR) is 114 cm³/mol. The van der Waals surface area contributed by atoms with Gasteiger partial charge < -0.3 is 10.6 Å². The van der Waals surface area contributed by atoms with E-state index in [-0.39, 0.29) is 22.0 Å². The molecule has 4 nitrogen and oxygen atoms in total. The smallest absolute Gasteiger partial charge is 0.257 e. The summed E-state index contributed by atoms with van der Waals surface area (Å²) in [4.78, 5) is 25.9. The molecule has 4 fully saturated rings. The number of rotatable bonds is 4. The van der Waals surface area contributed by atoms with Crippen LogP contribution in [0.15, 0.2) is 36.4 Å². The molecule has 4 aliphatic carbocycles. The number of halogens is 3. The van der Waals surface area contributed by atoms with E-state index in [0.29, 0.717) is 29.0 Å². The van der Waals surface area contributed by atoms with Crippen LogP contribution >= 0.6 is 11.6 Å². The van der Waals surface area contributed by atoms with Crippen molar-refractivity contribution >= 4 is 29.1 Å². The molecule has 4 saturated carbocycles. The van der Waals surface area contributed by atoms with E-state index in [1.807, 2.05) is 0 Å². The average molecular weight is 445 g/mol. The Morgan fingerprint density at radius 2 is 1.45 bits per heavy atom. The predicted octanol–water partition coefficient (Wildman–Crippen LogP) is 5.57. The van der Waals surface area contributed by atoms with Crippen LogP contribution in [-0.4, -0.2) is 17.4 Å². The summed E-state index contributed by atoms with van der Waals surface area (Å²) < 4.78 is 26.9. The van der Waals surface area contributed by atoms with Gasteiger partial charge in [0, 0.05) is 5.54 Å². The molecule has 0 spiro atoms. The van der Waals surface area contributed by atoms with Crippen LogP contribution in [0, 0.1) is 29.4 Å². The molecule has 2 amide bonds. The third-order valence-corrected chi connectivity index (χ3v) is 7.40. The fourth-order valence-electron chi connectivity index (χ4n) is 6.25. The summed E-state index contributed by atoms with van der Waals surface area (Å²) in [5.74, 6) is -1.15. The molecule has 7 heteroatoms. The van der Waals surface area contributed by atoms with E-state index in [4.69, 9.17) is 11.6 Å². The van der Waals surface area contributed by atoms with Gasteiger partial charge in [-0.2, -0.15) is 0 Å². The number of carbonyl (C=O) groups is 2. The molecule has 0 heterocycles. The van der Waals surface area contributed by atoms with Gasteiger partial charge in [0.1, 0.15) is 0 Å². The molecule has 2 aromatic carbocycles. The number of para-hydroxylation sites is 1. The van der Waals surface area contributed by atoms with Crippen molar-refractivity contribution < 1.29 is 18.4 Å². The second-order valence-electron chi connectivity index (χ2n) is 9.40. The fourth-order valence-corrected chi connectivity index (χ4v) is 6.48. The lowest BCUT2D eigenvalue weighted by Gasteiger charge is -2.56. The molecule has 162 valence electrons. The third-order valence-electron chi connectivity index (χ3n) is 7.09. The van der Waals surface area contributed by atoms with Gasteiger partial charge in [0.25, 0.3) is 11.8 Å². The zero-order valence-corrected chi connectivity index (χ0v) is 17.6. The van der Waals surface area contributed by atoms with Crippen LogP contribution < -0.4 is 10.6 Å². The SMILES string of the molecule is O=C(Nc1ccccc1C(=O)NC12CC3CC(CC(C3)C1)C2)c1cc(F)c(F)cc1Cl. The number of amides is 2. The number of nitrogens with one attached hydrogen (secondary N) is 2. The van der Waals surface area contributed by atoms with Crippen LogP contribution in [0.3, 0.4) is 0 Å². The Morgan fingerprint density at radius 3 is 2.10 bits per heavy atom. The highest BCUT2D eigenvalue weighted by molar-refractivity contribution is 6.34. The van der Waals surface area contributed by atoms with E-state index in [2.05, 4.69) is 10.6 Å². The van der Waals surface area contributed by atoms with Crippen molar-refractivity contribution in [2.45, 2.75) is 44.1 Å². The Morgan fingerprint density at radius 1 is 0.871 bits per heavy atom. The fraction of sp³-hybridized carbons (Fsp3) is 0.417. The van der Waals surface area contributed by atoms with E-state index in [0.717, 1.165) is 31.4 Å².